The van der Waals surface area contributed by atoms with Crippen LogP contribution in [0.25, 0.3) is 0 Å². The van der Waals surface area contributed by atoms with Gasteiger partial charge >= 0.3 is 6.03 Å². The molecule has 0 bridgehead atoms. The fourth-order valence-corrected chi connectivity index (χ4v) is 3.70. The molecule has 6 nitrogen and oxygen atoms in total. The number of rotatable bonds is 5. The Hall–Kier alpha value is -2.11. The number of urea groups is 1. The SMILES string of the molecule is CC(C)CC(=O)Nc1ccc(N2CCN(C3CCCCC3)C2=O)nc1. The number of carbonyl (C=O) groups is 2. The summed E-state index contributed by atoms with van der Waals surface area (Å²) < 4.78 is 0. The zero-order valence-corrected chi connectivity index (χ0v) is 15.2. The van der Waals surface area contributed by atoms with E-state index in [1.165, 1.54) is 19.3 Å². The lowest BCUT2D eigenvalue weighted by Gasteiger charge is -2.30. The number of pyridine rings is 1. The van der Waals surface area contributed by atoms with Crippen molar-refractivity contribution in [1.82, 2.24) is 9.88 Å². The highest BCUT2D eigenvalue weighted by Crippen LogP contribution is 2.27. The fourth-order valence-electron chi connectivity index (χ4n) is 3.70. The standard InChI is InChI=1S/C19H28N4O2/c1-14(2)12-18(24)21-15-8-9-17(20-13-15)23-11-10-22(19(23)25)16-6-4-3-5-7-16/h8-9,13-14,16H,3-7,10-12H2,1-2H3,(H,21,24). The lowest BCUT2D eigenvalue weighted by atomic mass is 9.94. The molecule has 0 aromatic carbocycles. The summed E-state index contributed by atoms with van der Waals surface area (Å²) in [7, 11) is 0. The van der Waals surface area contributed by atoms with Crippen LogP contribution in [0.2, 0.25) is 0 Å². The maximum absolute atomic E-state index is 12.7. The van der Waals surface area contributed by atoms with E-state index < -0.39 is 0 Å². The Balaban J connectivity index is 1.60. The molecule has 0 radical (unpaired) electrons. The van der Waals surface area contributed by atoms with Crippen molar-refractivity contribution in [3.05, 3.63) is 18.3 Å². The normalized spacial score (nSPS) is 18.9. The number of nitrogens with one attached hydrogen (secondary N) is 1. The first kappa shape index (κ1) is 17.7. The molecule has 2 fully saturated rings. The van der Waals surface area contributed by atoms with Crippen LogP contribution in [0.15, 0.2) is 18.3 Å². The van der Waals surface area contributed by atoms with E-state index in [-0.39, 0.29) is 11.9 Å². The van der Waals surface area contributed by atoms with Gasteiger partial charge in [-0.2, -0.15) is 0 Å². The predicted molar refractivity (Wildman–Crippen MR) is 98.6 cm³/mol. The Morgan fingerprint density at radius 1 is 1.24 bits per heavy atom. The molecule has 1 aliphatic heterocycles. The van der Waals surface area contributed by atoms with Crippen molar-refractivity contribution in [3.8, 4) is 0 Å². The molecule has 2 aliphatic rings. The van der Waals surface area contributed by atoms with Gasteiger partial charge in [-0.15, -0.1) is 0 Å². The van der Waals surface area contributed by atoms with E-state index in [4.69, 9.17) is 0 Å². The molecule has 0 spiro atoms. The van der Waals surface area contributed by atoms with Crippen LogP contribution in [0.3, 0.4) is 0 Å². The van der Waals surface area contributed by atoms with Gasteiger partial charge in [0.05, 0.1) is 11.9 Å². The summed E-state index contributed by atoms with van der Waals surface area (Å²) in [5.74, 6) is 0.968. The van der Waals surface area contributed by atoms with Crippen molar-refractivity contribution >= 4 is 23.4 Å². The lowest BCUT2D eigenvalue weighted by molar-refractivity contribution is -0.116. The van der Waals surface area contributed by atoms with Gasteiger partial charge in [-0.3, -0.25) is 9.69 Å². The molecule has 1 N–H and O–H groups in total. The third-order valence-electron chi connectivity index (χ3n) is 4.96. The third-order valence-corrected chi connectivity index (χ3v) is 4.96. The van der Waals surface area contributed by atoms with E-state index in [2.05, 4.69) is 10.3 Å². The summed E-state index contributed by atoms with van der Waals surface area (Å²) >= 11 is 0. The maximum Gasteiger partial charge on any atom is 0.326 e. The average molecular weight is 344 g/mol. The smallest absolute Gasteiger partial charge is 0.325 e. The van der Waals surface area contributed by atoms with Gasteiger partial charge in [0, 0.05) is 25.6 Å². The number of amides is 3. The maximum atomic E-state index is 12.7. The van der Waals surface area contributed by atoms with E-state index in [9.17, 15) is 9.59 Å². The van der Waals surface area contributed by atoms with E-state index >= 15 is 0 Å². The number of anilines is 2. The highest BCUT2D eigenvalue weighted by Gasteiger charge is 2.35. The van der Waals surface area contributed by atoms with Gasteiger partial charge in [0.25, 0.3) is 0 Å². The lowest BCUT2D eigenvalue weighted by Crippen LogP contribution is -2.40. The Morgan fingerprint density at radius 2 is 2.00 bits per heavy atom. The number of nitrogens with zero attached hydrogens (tertiary/aromatic N) is 3. The van der Waals surface area contributed by atoms with Crippen molar-refractivity contribution in [2.45, 2.75) is 58.4 Å². The summed E-state index contributed by atoms with van der Waals surface area (Å²) in [6, 6.07) is 4.08. The van der Waals surface area contributed by atoms with Crippen LogP contribution in [0.1, 0.15) is 52.4 Å². The molecule has 1 saturated heterocycles. The average Bonchev–Trinajstić information content (AvgIpc) is 2.97. The number of hydrogen-bond acceptors (Lipinski definition) is 3. The minimum absolute atomic E-state index is 0.00901. The number of hydrogen-bond donors (Lipinski definition) is 1. The van der Waals surface area contributed by atoms with Gasteiger partial charge in [0.1, 0.15) is 5.82 Å². The zero-order valence-electron chi connectivity index (χ0n) is 15.2. The van der Waals surface area contributed by atoms with E-state index in [1.54, 1.807) is 11.1 Å². The minimum atomic E-state index is -0.00901. The van der Waals surface area contributed by atoms with Crippen LogP contribution in [-0.2, 0) is 4.79 Å². The van der Waals surface area contributed by atoms with Crippen molar-refractivity contribution in [2.75, 3.05) is 23.3 Å². The zero-order chi connectivity index (χ0) is 17.8. The van der Waals surface area contributed by atoms with Crippen LogP contribution >= 0.6 is 0 Å². The molecule has 3 rings (SSSR count). The van der Waals surface area contributed by atoms with Crippen molar-refractivity contribution < 1.29 is 9.59 Å². The van der Waals surface area contributed by atoms with Crippen molar-refractivity contribution in [1.29, 1.82) is 0 Å². The highest BCUT2D eigenvalue weighted by molar-refractivity contribution is 5.94. The van der Waals surface area contributed by atoms with Gasteiger partial charge in [-0.05, 0) is 30.9 Å². The van der Waals surface area contributed by atoms with Crippen LogP contribution in [0.4, 0.5) is 16.3 Å². The molecule has 136 valence electrons. The molecule has 0 unspecified atom stereocenters. The largest absolute Gasteiger partial charge is 0.326 e. The van der Waals surface area contributed by atoms with Crippen molar-refractivity contribution in [2.24, 2.45) is 5.92 Å². The summed E-state index contributed by atoms with van der Waals surface area (Å²) in [5.41, 5.74) is 0.671. The second-order valence-corrected chi connectivity index (χ2v) is 7.47. The Kier molecular flexibility index (Phi) is 5.56. The van der Waals surface area contributed by atoms with Gasteiger partial charge in [0.15, 0.2) is 0 Å². The summed E-state index contributed by atoms with van der Waals surface area (Å²) in [6.07, 6.45) is 8.08. The Labute approximate surface area is 149 Å². The van der Waals surface area contributed by atoms with Gasteiger partial charge < -0.3 is 10.2 Å². The van der Waals surface area contributed by atoms with E-state index in [0.29, 0.717) is 36.4 Å². The molecular weight excluding hydrogens is 316 g/mol. The second kappa shape index (κ2) is 7.85. The third kappa shape index (κ3) is 4.30. The molecule has 3 amide bonds. The summed E-state index contributed by atoms with van der Waals surface area (Å²) in [5, 5.41) is 2.85. The van der Waals surface area contributed by atoms with E-state index in [1.807, 2.05) is 30.9 Å². The van der Waals surface area contributed by atoms with Gasteiger partial charge in [-0.1, -0.05) is 33.1 Å². The first-order valence-corrected chi connectivity index (χ1v) is 9.38. The van der Waals surface area contributed by atoms with E-state index in [0.717, 1.165) is 19.4 Å². The predicted octanol–water partition coefficient (Wildman–Crippen LogP) is 3.64. The molecule has 0 atom stereocenters. The first-order valence-electron chi connectivity index (χ1n) is 9.38. The molecule has 1 aliphatic carbocycles. The number of carbonyl (C=O) groups excluding carboxylic acids is 2. The molecule has 1 aromatic rings. The fraction of sp³-hybridized carbons (Fsp3) is 0.632. The number of aromatic nitrogens is 1. The molecule has 6 heteroatoms. The molecule has 25 heavy (non-hydrogen) atoms. The molecule has 1 saturated carbocycles. The Bertz CT molecular complexity index is 608. The Morgan fingerprint density at radius 3 is 2.64 bits per heavy atom. The van der Waals surface area contributed by atoms with Crippen LogP contribution < -0.4 is 10.2 Å². The summed E-state index contributed by atoms with van der Waals surface area (Å²) in [4.78, 5) is 32.7. The second-order valence-electron chi connectivity index (χ2n) is 7.47. The van der Waals surface area contributed by atoms with Crippen LogP contribution in [0.5, 0.6) is 0 Å². The van der Waals surface area contributed by atoms with Gasteiger partial charge in [-0.25, -0.2) is 9.78 Å². The monoisotopic (exact) mass is 344 g/mol. The highest BCUT2D eigenvalue weighted by atomic mass is 16.2. The summed E-state index contributed by atoms with van der Waals surface area (Å²) in [6.45, 7) is 5.48. The first-order chi connectivity index (χ1) is 12.0. The quantitative estimate of drug-likeness (QED) is 0.887. The van der Waals surface area contributed by atoms with Gasteiger partial charge in [0.2, 0.25) is 5.91 Å². The van der Waals surface area contributed by atoms with Crippen molar-refractivity contribution in [3.63, 3.8) is 0 Å². The molecule has 2 heterocycles. The topological polar surface area (TPSA) is 65.5 Å². The van der Waals surface area contributed by atoms with Crippen LogP contribution in [-0.4, -0.2) is 41.0 Å². The minimum Gasteiger partial charge on any atom is -0.325 e. The van der Waals surface area contributed by atoms with Crippen LogP contribution in [0, 0.1) is 5.92 Å². The molecule has 1 aromatic heterocycles. The molecular formula is C19H28N4O2.